The van der Waals surface area contributed by atoms with E-state index in [0.717, 1.165) is 0 Å². The van der Waals surface area contributed by atoms with Crippen LogP contribution >= 0.6 is 20.2 Å². The van der Waals surface area contributed by atoms with Crippen LogP contribution in [0, 0.1) is 0 Å². The Morgan fingerprint density at radius 3 is 1.17 bits per heavy atom. The van der Waals surface area contributed by atoms with Crippen LogP contribution in [0.25, 0.3) is 0 Å². The normalized spacial score (nSPS) is 5.83. The fraction of sp³-hybridized carbons (Fsp3) is 0. The Morgan fingerprint density at radius 2 is 1.17 bits per heavy atom. The molecule has 0 atom stereocenters. The molecule has 0 aliphatic rings. The van der Waals surface area contributed by atoms with Crippen LogP contribution in [0.3, 0.4) is 0 Å². The summed E-state index contributed by atoms with van der Waals surface area (Å²) in [4.78, 5) is 0. The molecule has 0 unspecified atom stereocenters. The Hall–Kier alpha value is 0.819. The van der Waals surface area contributed by atoms with Gasteiger partial charge in [0.25, 0.3) is 0 Å². The zero-order valence-corrected chi connectivity index (χ0v) is 5.80. The Morgan fingerprint density at radius 1 is 1.17 bits per heavy atom. The third-order valence-corrected chi connectivity index (χ3v) is 0. The molecule has 0 aliphatic carbocycles. The van der Waals surface area contributed by atoms with Crippen molar-refractivity contribution in [1.29, 1.82) is 0 Å². The SMILES string of the molecule is O.O.O=[Se](Cl)Cl. The van der Waals surface area contributed by atoms with Gasteiger partial charge in [0.1, 0.15) is 0 Å². The van der Waals surface area contributed by atoms with Crippen LogP contribution in [0.15, 0.2) is 0 Å². The van der Waals surface area contributed by atoms with Gasteiger partial charge in [-0.3, -0.25) is 0 Å². The van der Waals surface area contributed by atoms with Crippen LogP contribution in [-0.4, -0.2) is 23.0 Å². The molecular formula is H4Cl2O3Se. The van der Waals surface area contributed by atoms with Gasteiger partial charge in [-0.1, -0.05) is 0 Å². The second kappa shape index (κ2) is 9.27. The van der Waals surface area contributed by atoms with E-state index in [1.165, 1.54) is 0 Å². The van der Waals surface area contributed by atoms with Crippen LogP contribution in [0.1, 0.15) is 0 Å². The second-order valence-electron chi connectivity index (χ2n) is 0.184. The fourth-order valence-electron chi connectivity index (χ4n) is 0. The van der Waals surface area contributed by atoms with Crippen molar-refractivity contribution in [2.45, 2.75) is 0 Å². The Labute approximate surface area is 47.4 Å². The number of rotatable bonds is 0. The van der Waals surface area contributed by atoms with Crippen LogP contribution in [-0.2, 0) is 3.83 Å². The summed E-state index contributed by atoms with van der Waals surface area (Å²) >= 11 is -2.35. The number of hydrogen-bond donors (Lipinski definition) is 0. The minimum absolute atomic E-state index is 0. The van der Waals surface area contributed by atoms with Crippen LogP contribution in [0.4, 0.5) is 0 Å². The first-order valence-electron chi connectivity index (χ1n) is 0.475. The zero-order chi connectivity index (χ0) is 3.58. The molecule has 0 radical (unpaired) electrons. The Balaban J connectivity index is -0.0000000450. The maximum absolute atomic E-state index is 9.18. The molecule has 6 heteroatoms. The van der Waals surface area contributed by atoms with E-state index in [9.17, 15) is 3.83 Å². The van der Waals surface area contributed by atoms with Gasteiger partial charge in [-0.05, 0) is 0 Å². The predicted octanol–water partition coefficient (Wildman–Crippen LogP) is -0.770. The molecular weight excluding hydrogens is 198 g/mol. The molecule has 0 spiro atoms. The Kier molecular flexibility index (Phi) is 24.4. The molecule has 3 nitrogen and oxygen atoms in total. The van der Waals surface area contributed by atoms with Gasteiger partial charge in [-0.15, -0.1) is 0 Å². The van der Waals surface area contributed by atoms with E-state index in [4.69, 9.17) is 0 Å². The van der Waals surface area contributed by atoms with Crippen molar-refractivity contribution in [3.8, 4) is 0 Å². The van der Waals surface area contributed by atoms with Crippen LogP contribution < -0.4 is 0 Å². The second-order valence-corrected chi connectivity index (χ2v) is 4.69. The average molecular weight is 202 g/mol. The minimum atomic E-state index is -2.35. The third kappa shape index (κ3) is 105. The molecule has 0 aromatic heterocycles. The van der Waals surface area contributed by atoms with Crippen LogP contribution in [0.5, 0.6) is 0 Å². The van der Waals surface area contributed by atoms with Gasteiger partial charge in [0.2, 0.25) is 0 Å². The van der Waals surface area contributed by atoms with E-state index in [0.29, 0.717) is 0 Å². The van der Waals surface area contributed by atoms with Gasteiger partial charge in [0, 0.05) is 0 Å². The molecule has 0 aromatic rings. The summed E-state index contributed by atoms with van der Waals surface area (Å²) in [7, 11) is 9.22. The Bertz CT molecular complexity index is 31.8. The molecule has 0 bridgehead atoms. The molecule has 0 heterocycles. The summed E-state index contributed by atoms with van der Waals surface area (Å²) < 4.78 is 9.18. The van der Waals surface area contributed by atoms with Gasteiger partial charge in [0.05, 0.1) is 0 Å². The summed E-state index contributed by atoms with van der Waals surface area (Å²) in [5.74, 6) is 0. The summed E-state index contributed by atoms with van der Waals surface area (Å²) in [6, 6.07) is 0. The van der Waals surface area contributed by atoms with Crippen molar-refractivity contribution in [3.63, 3.8) is 0 Å². The third-order valence-electron chi connectivity index (χ3n) is 0. The van der Waals surface area contributed by atoms with Gasteiger partial charge in [-0.2, -0.15) is 0 Å². The van der Waals surface area contributed by atoms with Gasteiger partial charge in [-0.25, -0.2) is 0 Å². The van der Waals surface area contributed by atoms with E-state index >= 15 is 0 Å². The molecule has 0 fully saturated rings. The summed E-state index contributed by atoms with van der Waals surface area (Å²) in [6.07, 6.45) is 0. The molecule has 4 N–H and O–H groups in total. The molecule has 0 saturated carbocycles. The van der Waals surface area contributed by atoms with Crippen molar-refractivity contribution in [2.24, 2.45) is 0 Å². The van der Waals surface area contributed by atoms with E-state index in [-0.39, 0.29) is 11.0 Å². The molecule has 0 rings (SSSR count). The summed E-state index contributed by atoms with van der Waals surface area (Å²) in [5.41, 5.74) is 0. The summed E-state index contributed by atoms with van der Waals surface area (Å²) in [6.45, 7) is 0. The quantitative estimate of drug-likeness (QED) is 0.474. The topological polar surface area (TPSA) is 80.1 Å². The number of hydrogen-bond acceptors (Lipinski definition) is 1. The standard InChI is InChI=1S/Cl2OSe.2H2O/c1-4(2)3;;/h;2*1H2. The number of halogens is 2. The van der Waals surface area contributed by atoms with Gasteiger partial charge >= 0.3 is 36.0 Å². The molecule has 42 valence electrons. The van der Waals surface area contributed by atoms with Crippen LogP contribution in [0.2, 0.25) is 0 Å². The van der Waals surface area contributed by atoms with Gasteiger partial charge in [0.15, 0.2) is 0 Å². The van der Waals surface area contributed by atoms with Gasteiger partial charge < -0.3 is 11.0 Å². The fourth-order valence-corrected chi connectivity index (χ4v) is 0. The zero-order valence-electron chi connectivity index (χ0n) is 2.57. The van der Waals surface area contributed by atoms with E-state index in [1.807, 2.05) is 0 Å². The van der Waals surface area contributed by atoms with E-state index in [2.05, 4.69) is 20.2 Å². The summed E-state index contributed by atoms with van der Waals surface area (Å²) in [5, 5.41) is 0. The van der Waals surface area contributed by atoms with E-state index in [1.54, 1.807) is 0 Å². The van der Waals surface area contributed by atoms with Crippen molar-refractivity contribution in [1.82, 2.24) is 0 Å². The monoisotopic (exact) mass is 202 g/mol. The first-order chi connectivity index (χ1) is 1.73. The van der Waals surface area contributed by atoms with Crippen molar-refractivity contribution in [3.05, 3.63) is 0 Å². The molecule has 0 amide bonds. The maximum atomic E-state index is 9.18. The average Bonchev–Trinajstić information content (AvgIpc) is 0.811. The first-order valence-corrected chi connectivity index (χ1v) is 5.68. The molecule has 0 aliphatic heterocycles. The predicted molar refractivity (Wildman–Crippen MR) is 25.4 cm³/mol. The molecule has 0 aromatic carbocycles. The molecule has 0 saturated heterocycles. The van der Waals surface area contributed by atoms with Crippen molar-refractivity contribution < 1.29 is 14.8 Å². The molecule has 6 heavy (non-hydrogen) atoms. The first kappa shape index (κ1) is 15.8. The van der Waals surface area contributed by atoms with E-state index < -0.39 is 12.0 Å². The van der Waals surface area contributed by atoms with Crippen molar-refractivity contribution in [2.75, 3.05) is 0 Å². The van der Waals surface area contributed by atoms with Crippen molar-refractivity contribution >= 4 is 32.2 Å².